The number of esters is 1. The molecule has 2 heteroatoms. The zero-order valence-electron chi connectivity index (χ0n) is 13.7. The molecule has 0 amide bonds. The third kappa shape index (κ3) is 2.43. The minimum Gasteiger partial charge on any atom is -0.426 e. The summed E-state index contributed by atoms with van der Waals surface area (Å²) in [5, 5.41) is 0. The van der Waals surface area contributed by atoms with Crippen LogP contribution < -0.4 is 4.74 Å². The highest BCUT2D eigenvalue weighted by molar-refractivity contribution is 5.85. The fourth-order valence-electron chi connectivity index (χ4n) is 3.35. The van der Waals surface area contributed by atoms with Crippen LogP contribution in [0.1, 0.15) is 44.4 Å². The van der Waals surface area contributed by atoms with Gasteiger partial charge in [0.2, 0.25) is 0 Å². The van der Waals surface area contributed by atoms with Crippen molar-refractivity contribution in [3.63, 3.8) is 0 Å². The summed E-state index contributed by atoms with van der Waals surface area (Å²) < 4.78 is 5.56. The highest BCUT2D eigenvalue weighted by Gasteiger charge is 2.32. The second-order valence-electron chi connectivity index (χ2n) is 6.89. The smallest absolute Gasteiger partial charge is 0.315 e. The molecule has 0 unspecified atom stereocenters. The fourth-order valence-corrected chi connectivity index (χ4v) is 3.35. The molecule has 0 atom stereocenters. The predicted molar refractivity (Wildman–Crippen MR) is 89.3 cm³/mol. The molecule has 1 aliphatic rings. The van der Waals surface area contributed by atoms with Gasteiger partial charge in [-0.3, -0.25) is 4.79 Å². The highest BCUT2D eigenvalue weighted by atomic mass is 16.5. The van der Waals surface area contributed by atoms with Crippen molar-refractivity contribution in [3.05, 3.63) is 53.1 Å². The van der Waals surface area contributed by atoms with Gasteiger partial charge in [0.25, 0.3) is 0 Å². The van der Waals surface area contributed by atoms with Crippen LogP contribution in [0.3, 0.4) is 0 Å². The summed E-state index contributed by atoms with van der Waals surface area (Å²) >= 11 is 0. The average molecular weight is 294 g/mol. The molecule has 2 aromatic rings. The van der Waals surface area contributed by atoms with Crippen molar-refractivity contribution < 1.29 is 9.53 Å². The number of carbonyl (C=O) groups is 1. The van der Waals surface area contributed by atoms with E-state index < -0.39 is 0 Å². The second-order valence-corrected chi connectivity index (χ2v) is 6.89. The van der Waals surface area contributed by atoms with Gasteiger partial charge in [-0.1, -0.05) is 58.0 Å². The van der Waals surface area contributed by atoms with Crippen LogP contribution in [-0.4, -0.2) is 5.97 Å². The lowest BCUT2D eigenvalue weighted by molar-refractivity contribution is -0.131. The number of carbonyl (C=O) groups excluding carboxylic acids is 1. The maximum absolute atomic E-state index is 11.8. The maximum Gasteiger partial charge on any atom is 0.315 e. The van der Waals surface area contributed by atoms with Gasteiger partial charge in [-0.05, 0) is 34.6 Å². The summed E-state index contributed by atoms with van der Waals surface area (Å²) in [6.07, 6.45) is 1.30. The van der Waals surface area contributed by atoms with Crippen LogP contribution in [0.15, 0.2) is 36.4 Å². The van der Waals surface area contributed by atoms with Gasteiger partial charge in [0.15, 0.2) is 0 Å². The summed E-state index contributed by atoms with van der Waals surface area (Å²) in [6, 6.07) is 12.5. The topological polar surface area (TPSA) is 26.3 Å². The zero-order valence-corrected chi connectivity index (χ0v) is 13.7. The van der Waals surface area contributed by atoms with Gasteiger partial charge in [0.1, 0.15) is 5.75 Å². The molecule has 1 heterocycles. The first-order chi connectivity index (χ1) is 10.4. The Hall–Kier alpha value is -2.09. The van der Waals surface area contributed by atoms with Gasteiger partial charge in [0, 0.05) is 11.1 Å². The van der Waals surface area contributed by atoms with Gasteiger partial charge in [0.05, 0.1) is 6.42 Å². The van der Waals surface area contributed by atoms with E-state index >= 15 is 0 Å². The first-order valence-corrected chi connectivity index (χ1v) is 7.87. The number of benzene rings is 2. The van der Waals surface area contributed by atoms with Crippen molar-refractivity contribution in [3.8, 4) is 16.9 Å². The maximum atomic E-state index is 11.8. The summed E-state index contributed by atoms with van der Waals surface area (Å²) in [6.45, 7) is 8.72. The van der Waals surface area contributed by atoms with E-state index in [1.165, 1.54) is 22.3 Å². The number of fused-ring (bicyclic) bond motifs is 1. The molecule has 0 aliphatic carbocycles. The molecule has 0 fully saturated rings. The molecular weight excluding hydrogens is 272 g/mol. The third-order valence-electron chi connectivity index (χ3n) is 4.20. The number of hydrogen-bond acceptors (Lipinski definition) is 2. The minimum atomic E-state index is -0.146. The monoisotopic (exact) mass is 294 g/mol. The van der Waals surface area contributed by atoms with E-state index in [0.29, 0.717) is 6.42 Å². The molecule has 0 N–H and O–H groups in total. The Kier molecular flexibility index (Phi) is 3.56. The molecule has 2 nitrogen and oxygen atoms in total. The molecule has 0 bridgehead atoms. The van der Waals surface area contributed by atoms with Crippen LogP contribution in [0, 0.1) is 0 Å². The van der Waals surface area contributed by atoms with Crippen molar-refractivity contribution in [2.24, 2.45) is 0 Å². The second kappa shape index (κ2) is 5.28. The average Bonchev–Trinajstić information content (AvgIpc) is 2.84. The highest BCUT2D eigenvalue weighted by Crippen LogP contribution is 2.44. The Morgan fingerprint density at radius 3 is 2.41 bits per heavy atom. The Balaban J connectivity index is 2.33. The van der Waals surface area contributed by atoms with E-state index in [1.54, 1.807) is 0 Å². The van der Waals surface area contributed by atoms with Crippen LogP contribution in [0.2, 0.25) is 0 Å². The summed E-state index contributed by atoms with van der Waals surface area (Å²) in [5.74, 6) is 0.654. The first kappa shape index (κ1) is 14.8. The molecule has 2 aromatic carbocycles. The van der Waals surface area contributed by atoms with E-state index in [0.717, 1.165) is 17.7 Å². The van der Waals surface area contributed by atoms with Gasteiger partial charge in [-0.2, -0.15) is 0 Å². The Morgan fingerprint density at radius 2 is 1.82 bits per heavy atom. The standard InChI is InChI=1S/C20H22O2/c1-5-15-16(13-9-7-6-8-10-13)11-14-12-17(21)22-19(14)18(15)20(2,3)4/h6-11H,5,12H2,1-4H3. The normalized spacial score (nSPS) is 13.9. The summed E-state index contributed by atoms with van der Waals surface area (Å²) in [5.41, 5.74) is 5.84. The molecule has 22 heavy (non-hydrogen) atoms. The van der Waals surface area contributed by atoms with Gasteiger partial charge in [-0.15, -0.1) is 0 Å². The molecule has 1 aliphatic heterocycles. The van der Waals surface area contributed by atoms with Crippen LogP contribution in [-0.2, 0) is 23.1 Å². The van der Waals surface area contributed by atoms with Gasteiger partial charge < -0.3 is 4.74 Å². The molecule has 3 rings (SSSR count). The predicted octanol–water partition coefficient (Wildman–Crippen LogP) is 4.68. The van der Waals surface area contributed by atoms with Crippen molar-refractivity contribution in [2.75, 3.05) is 0 Å². The van der Waals surface area contributed by atoms with Crippen LogP contribution in [0.5, 0.6) is 5.75 Å². The lowest BCUT2D eigenvalue weighted by atomic mass is 9.78. The molecular formula is C20H22O2. The SMILES string of the molecule is CCc1c(-c2ccccc2)cc2c(c1C(C)(C)C)OC(=O)C2. The van der Waals surface area contributed by atoms with Crippen molar-refractivity contribution in [2.45, 2.75) is 46.0 Å². The minimum absolute atomic E-state index is 0.0646. The summed E-state index contributed by atoms with van der Waals surface area (Å²) in [4.78, 5) is 11.8. The number of hydrogen-bond donors (Lipinski definition) is 0. The zero-order chi connectivity index (χ0) is 15.9. The number of rotatable bonds is 2. The van der Waals surface area contributed by atoms with E-state index in [9.17, 15) is 4.79 Å². The quantitative estimate of drug-likeness (QED) is 0.594. The van der Waals surface area contributed by atoms with E-state index in [2.05, 4.69) is 58.0 Å². The van der Waals surface area contributed by atoms with E-state index in [-0.39, 0.29) is 11.4 Å². The largest absolute Gasteiger partial charge is 0.426 e. The molecule has 0 saturated carbocycles. The van der Waals surface area contributed by atoms with Gasteiger partial charge in [-0.25, -0.2) is 0 Å². The third-order valence-corrected chi connectivity index (χ3v) is 4.20. The molecule has 0 saturated heterocycles. The summed E-state index contributed by atoms with van der Waals surface area (Å²) in [7, 11) is 0. The Labute approximate surface area is 132 Å². The van der Waals surface area contributed by atoms with Crippen LogP contribution >= 0.6 is 0 Å². The van der Waals surface area contributed by atoms with Gasteiger partial charge >= 0.3 is 5.97 Å². The van der Waals surface area contributed by atoms with E-state index in [1.807, 2.05) is 6.07 Å². The molecule has 0 spiro atoms. The van der Waals surface area contributed by atoms with Crippen LogP contribution in [0.25, 0.3) is 11.1 Å². The first-order valence-electron chi connectivity index (χ1n) is 7.87. The van der Waals surface area contributed by atoms with Crippen LogP contribution in [0.4, 0.5) is 0 Å². The van der Waals surface area contributed by atoms with Crippen molar-refractivity contribution in [1.82, 2.24) is 0 Å². The fraction of sp³-hybridized carbons (Fsp3) is 0.350. The van der Waals surface area contributed by atoms with Crippen molar-refractivity contribution in [1.29, 1.82) is 0 Å². The lowest BCUT2D eigenvalue weighted by Gasteiger charge is -2.27. The lowest BCUT2D eigenvalue weighted by Crippen LogP contribution is -2.17. The molecule has 0 aromatic heterocycles. The Bertz CT molecular complexity index is 722. The number of ether oxygens (including phenoxy) is 1. The molecule has 114 valence electrons. The van der Waals surface area contributed by atoms with E-state index in [4.69, 9.17) is 4.74 Å². The van der Waals surface area contributed by atoms with Crippen molar-refractivity contribution >= 4 is 5.97 Å². The molecule has 0 radical (unpaired) electrons. The Morgan fingerprint density at radius 1 is 1.14 bits per heavy atom.